The van der Waals surface area contributed by atoms with Gasteiger partial charge in [0, 0.05) is 29.6 Å². The molecule has 0 spiro atoms. The average Bonchev–Trinajstić information content (AvgIpc) is 2.98. The molecule has 5 rings (SSSR count). The highest BCUT2D eigenvalue weighted by Crippen LogP contribution is 2.36. The Labute approximate surface area is 247 Å². The molecule has 220 valence electrons. The average molecular weight is 590 g/mol. The van der Waals surface area contributed by atoms with E-state index in [1.165, 1.54) is 0 Å². The van der Waals surface area contributed by atoms with Crippen LogP contribution < -0.4 is 24.4 Å². The molecule has 0 radical (unpaired) electrons. The van der Waals surface area contributed by atoms with Crippen molar-refractivity contribution in [3.63, 3.8) is 0 Å². The number of nitrogens with zero attached hydrogens (tertiary/aromatic N) is 4. The molecule has 1 unspecified atom stereocenters. The predicted octanol–water partition coefficient (Wildman–Crippen LogP) is 4.99. The van der Waals surface area contributed by atoms with Crippen LogP contribution in [0.5, 0.6) is 11.5 Å². The fraction of sp³-hybridized carbons (Fsp3) is 0.300. The van der Waals surface area contributed by atoms with Crippen LogP contribution in [0.3, 0.4) is 0 Å². The van der Waals surface area contributed by atoms with Gasteiger partial charge in [-0.25, -0.2) is 9.97 Å². The minimum absolute atomic E-state index is 0.0507. The summed E-state index contributed by atoms with van der Waals surface area (Å²) in [5.74, 6) is 1.84. The van der Waals surface area contributed by atoms with Crippen molar-refractivity contribution in [3.8, 4) is 11.5 Å². The molecule has 42 heavy (non-hydrogen) atoms. The number of nitrogens with one attached hydrogen (secondary N) is 2. The maximum Gasteiger partial charge on any atom is 0.238 e. The number of hydrogen-bond donors (Lipinski definition) is 2. The van der Waals surface area contributed by atoms with Gasteiger partial charge in [0.1, 0.15) is 11.5 Å². The molecule has 1 aliphatic heterocycles. The van der Waals surface area contributed by atoms with E-state index in [9.17, 15) is 13.6 Å². The van der Waals surface area contributed by atoms with E-state index in [0.717, 1.165) is 30.2 Å². The molecule has 3 aromatic carbocycles. The third kappa shape index (κ3) is 6.96. The van der Waals surface area contributed by atoms with Crippen LogP contribution >= 0.6 is 0 Å². The summed E-state index contributed by atoms with van der Waals surface area (Å²) in [5.41, 5.74) is 2.39. The molecule has 1 aliphatic rings. The van der Waals surface area contributed by atoms with Crippen molar-refractivity contribution in [1.82, 2.24) is 14.9 Å². The van der Waals surface area contributed by atoms with Gasteiger partial charge in [0.15, 0.2) is 11.6 Å². The van der Waals surface area contributed by atoms with Crippen LogP contribution in [-0.2, 0) is 16.1 Å². The third-order valence-electron chi connectivity index (χ3n) is 7.12. The van der Waals surface area contributed by atoms with E-state index in [1.54, 1.807) is 74.9 Å². The summed E-state index contributed by atoms with van der Waals surface area (Å²) in [6.07, 6.45) is 2.14. The Balaban J connectivity index is 1.48. The Bertz CT molecular complexity index is 1570. The zero-order valence-electron chi connectivity index (χ0n) is 23.7. The van der Waals surface area contributed by atoms with Gasteiger partial charge < -0.3 is 24.7 Å². The molecule has 12 heteroatoms. The molecule has 1 saturated heterocycles. The van der Waals surface area contributed by atoms with E-state index >= 15 is 0 Å². The van der Waals surface area contributed by atoms with Gasteiger partial charge in [0.2, 0.25) is 5.91 Å². The monoisotopic (exact) mass is 589 g/mol. The van der Waals surface area contributed by atoms with Gasteiger partial charge in [-0.15, -0.1) is 0 Å². The Morgan fingerprint density at radius 1 is 0.976 bits per heavy atom. The molecular weight excluding hydrogens is 556 g/mol. The zero-order chi connectivity index (χ0) is 29.6. The zero-order valence-corrected chi connectivity index (χ0v) is 24.5. The topological polar surface area (TPSA) is 132 Å². The number of hydrogen-bond acceptors (Lipinski definition) is 9. The summed E-state index contributed by atoms with van der Waals surface area (Å²) in [6.45, 7) is 4.27. The second-order valence-corrected chi connectivity index (χ2v) is 11.0. The van der Waals surface area contributed by atoms with Crippen LogP contribution in [0.4, 0.5) is 28.7 Å². The fourth-order valence-electron chi connectivity index (χ4n) is 4.85. The number of carbonyl (C=O) groups excluding carboxylic acids is 1. The summed E-state index contributed by atoms with van der Waals surface area (Å²) in [7, 11) is 3.09. The number of fused-ring (bicyclic) bond motifs is 1. The van der Waals surface area contributed by atoms with Crippen LogP contribution in [0, 0.1) is 5.92 Å². The largest absolute Gasteiger partial charge is 0.755 e. The van der Waals surface area contributed by atoms with Gasteiger partial charge in [-0.3, -0.25) is 18.2 Å². The molecule has 1 fully saturated rings. The maximum absolute atomic E-state index is 12.8. The van der Waals surface area contributed by atoms with Gasteiger partial charge in [0.25, 0.3) is 0 Å². The number of anilines is 5. The Kier molecular flexibility index (Phi) is 9.15. The molecule has 1 amide bonds. The number of para-hydroxylation sites is 2. The van der Waals surface area contributed by atoms with Gasteiger partial charge in [-0.2, -0.15) is 0 Å². The number of methoxy groups -OCH3 is 2. The Morgan fingerprint density at radius 3 is 2.29 bits per heavy atom. The first kappa shape index (κ1) is 29.2. The predicted molar refractivity (Wildman–Crippen MR) is 163 cm³/mol. The van der Waals surface area contributed by atoms with E-state index in [4.69, 9.17) is 14.5 Å². The van der Waals surface area contributed by atoms with Crippen molar-refractivity contribution in [2.24, 2.45) is 5.92 Å². The number of carbonyl (C=O) groups is 1. The summed E-state index contributed by atoms with van der Waals surface area (Å²) < 4.78 is 37.3. The molecular formula is C30H33N6O5S-. The summed E-state index contributed by atoms with van der Waals surface area (Å²) in [6, 6.07) is 19.0. The van der Waals surface area contributed by atoms with Crippen molar-refractivity contribution < 1.29 is 23.0 Å². The van der Waals surface area contributed by atoms with Gasteiger partial charge >= 0.3 is 0 Å². The van der Waals surface area contributed by atoms with Crippen molar-refractivity contribution in [2.45, 2.75) is 19.8 Å². The molecule has 2 N–H and O–H groups in total. The normalized spacial score (nSPS) is 14.8. The van der Waals surface area contributed by atoms with Gasteiger partial charge in [-0.05, 0) is 62.2 Å². The third-order valence-corrected chi connectivity index (χ3v) is 7.80. The molecule has 0 saturated carbocycles. The van der Waals surface area contributed by atoms with Crippen LogP contribution in [0.25, 0.3) is 11.0 Å². The van der Waals surface area contributed by atoms with Crippen molar-refractivity contribution in [3.05, 3.63) is 66.7 Å². The first-order valence-electron chi connectivity index (χ1n) is 13.6. The van der Waals surface area contributed by atoms with E-state index in [0.29, 0.717) is 39.8 Å². The van der Waals surface area contributed by atoms with E-state index in [1.807, 2.05) is 6.07 Å². The van der Waals surface area contributed by atoms with Crippen LogP contribution in [0.1, 0.15) is 19.8 Å². The lowest BCUT2D eigenvalue weighted by Crippen LogP contribution is -2.38. The number of ether oxygens (including phenoxy) is 2. The van der Waals surface area contributed by atoms with Crippen molar-refractivity contribution in [2.75, 3.05) is 48.8 Å². The SMILES string of the molecule is COc1cc(Nc2nc3ccccc3nc2N(c2cccc(NC(=O)CN3CCC(C)CC3)c2)S(=O)[O-])cc(OC)c1. The highest BCUT2D eigenvalue weighted by molar-refractivity contribution is 7.81. The number of amides is 1. The number of rotatable bonds is 10. The lowest BCUT2D eigenvalue weighted by molar-refractivity contribution is -0.117. The highest BCUT2D eigenvalue weighted by atomic mass is 32.2. The van der Waals surface area contributed by atoms with E-state index in [-0.39, 0.29) is 29.8 Å². The fourth-order valence-corrected chi connectivity index (χ4v) is 5.40. The summed E-state index contributed by atoms with van der Waals surface area (Å²) in [5, 5.41) is 6.10. The summed E-state index contributed by atoms with van der Waals surface area (Å²) >= 11 is -2.79. The molecule has 1 aromatic heterocycles. The number of likely N-dealkylation sites (tertiary alicyclic amines) is 1. The van der Waals surface area contributed by atoms with E-state index < -0.39 is 11.3 Å². The summed E-state index contributed by atoms with van der Waals surface area (Å²) in [4.78, 5) is 24.3. The number of benzene rings is 3. The first-order valence-corrected chi connectivity index (χ1v) is 14.6. The molecule has 1 atom stereocenters. The molecule has 11 nitrogen and oxygen atoms in total. The standard InChI is InChI=1S/C30H34N6O5S/c1-20-11-13-35(14-12-20)19-28(37)31-21-7-6-8-23(15-21)36(42(38)39)30-29(33-26-9-4-5-10-27(26)34-30)32-22-16-24(40-2)18-25(17-22)41-3/h4-10,15-18,20H,11-14,19H2,1-3H3,(H,31,37)(H,32,33)(H,38,39)/p-1. The van der Waals surface area contributed by atoms with Crippen LogP contribution in [0.15, 0.2) is 66.7 Å². The highest BCUT2D eigenvalue weighted by Gasteiger charge is 2.22. The molecule has 0 aliphatic carbocycles. The number of piperidine rings is 1. The van der Waals surface area contributed by atoms with Crippen LogP contribution in [0.2, 0.25) is 0 Å². The Hall–Kier alpha value is -4.26. The van der Waals surface area contributed by atoms with Crippen LogP contribution in [-0.4, -0.2) is 63.4 Å². The lowest BCUT2D eigenvalue weighted by atomic mass is 9.99. The van der Waals surface area contributed by atoms with Crippen molar-refractivity contribution >= 4 is 56.9 Å². The van der Waals surface area contributed by atoms with Gasteiger partial charge in [0.05, 0.1) is 48.8 Å². The smallest absolute Gasteiger partial charge is 0.238 e. The second-order valence-electron chi connectivity index (χ2n) is 10.2. The maximum atomic E-state index is 12.8. The second kappa shape index (κ2) is 13.1. The van der Waals surface area contributed by atoms with Gasteiger partial charge in [-0.1, -0.05) is 25.1 Å². The van der Waals surface area contributed by atoms with E-state index in [2.05, 4.69) is 27.4 Å². The number of aromatic nitrogens is 2. The van der Waals surface area contributed by atoms with Crippen molar-refractivity contribution in [1.29, 1.82) is 0 Å². The molecule has 0 bridgehead atoms. The lowest BCUT2D eigenvalue weighted by Gasteiger charge is -2.29. The minimum Gasteiger partial charge on any atom is -0.755 e. The molecule has 4 aromatic rings. The molecule has 2 heterocycles. The first-order chi connectivity index (χ1) is 20.3. The minimum atomic E-state index is -2.79. The Morgan fingerprint density at radius 2 is 1.64 bits per heavy atom. The quantitative estimate of drug-likeness (QED) is 0.246.